The number of amides is 1. The summed E-state index contributed by atoms with van der Waals surface area (Å²) in [6, 6.07) is 9.68. The number of benzene rings is 1. The van der Waals surface area contributed by atoms with Gasteiger partial charge >= 0.3 is 43.7 Å². The Hall–Kier alpha value is -3.86. The van der Waals surface area contributed by atoms with Gasteiger partial charge in [-0.25, -0.2) is 19.7 Å². The molecule has 3 aliphatic heterocycles. The van der Waals surface area contributed by atoms with E-state index in [2.05, 4.69) is 61.4 Å². The van der Waals surface area contributed by atoms with Crippen molar-refractivity contribution in [2.45, 2.75) is 248 Å². The van der Waals surface area contributed by atoms with E-state index in [9.17, 15) is 19.2 Å². The van der Waals surface area contributed by atoms with E-state index in [1.165, 1.54) is 27.7 Å². The van der Waals surface area contributed by atoms with Crippen LogP contribution in [-0.2, 0) is 123 Å². The van der Waals surface area contributed by atoms with Gasteiger partial charge in [0.1, 0.15) is 39.6 Å². The highest BCUT2D eigenvalue weighted by Gasteiger charge is 2.44. The number of carbonyl (C=O) groups is 4. The van der Waals surface area contributed by atoms with Gasteiger partial charge in [-0.1, -0.05) is 137 Å². The van der Waals surface area contributed by atoms with Gasteiger partial charge in [-0.3, -0.25) is 19.2 Å². The second kappa shape index (κ2) is 64.0. The number of nitrogens with one attached hydrogen (secondary N) is 1. The molecule has 115 heavy (non-hydrogen) atoms. The molecule has 19 atom stereocenters. The van der Waals surface area contributed by atoms with Gasteiger partial charge in [-0.05, 0) is 105 Å². The highest BCUT2D eigenvalue weighted by molar-refractivity contribution is 7.42. The van der Waals surface area contributed by atoms with Gasteiger partial charge in [0.05, 0.1) is 90.4 Å². The Labute approximate surface area is 691 Å². The molecule has 29 nitrogen and oxygen atoms in total. The minimum atomic E-state index is -1.74. The maximum absolute atomic E-state index is 12.2. The van der Waals surface area contributed by atoms with E-state index >= 15 is 0 Å². The average Bonchev–Trinajstić information content (AvgIpc) is 0.817. The average molecular weight is 1690 g/mol. The maximum Gasteiger partial charge on any atom is 0.332 e. The van der Waals surface area contributed by atoms with Crippen molar-refractivity contribution >= 4 is 49.6 Å². The summed E-state index contributed by atoms with van der Waals surface area (Å²) in [5, 5.41) is 3.00. The molecule has 0 radical (unpaired) electrons. The SMILES string of the molecule is [C-]#[N+]CCOP(OCCCCCCO[C@@H]1OC(COC(C)=O)[C@H](C)[C@H](C)C1C)OCCCCCC(COCCCOP(OCCCCCCO[C@@H]1OC(COC(C)=O)[C@H](C)[C@H](C)C1C)OCC[N+]#[C-])(COCCCOP(OCCCCCCO[C@@H]1OC(COC(C)=O)[C@H](C)[C@H](C)C1NC(C)=O)OCC[N+]#[C-])COCc1ccccc1. The van der Waals surface area contributed by atoms with Gasteiger partial charge in [0.15, 0.2) is 18.9 Å². The summed E-state index contributed by atoms with van der Waals surface area (Å²) in [5.41, 5.74) is 0.461. The number of carbonyl (C=O) groups excluding carboxylic acids is 4. The number of rotatable bonds is 68. The van der Waals surface area contributed by atoms with Crippen molar-refractivity contribution in [3.63, 3.8) is 0 Å². The first-order valence-electron chi connectivity index (χ1n) is 41.9. The standard InChI is InChI=1S/C83H141N4O25P3/c1-63-65(3)76(57-98-72(10)89)110-80(69(63)7)95-44-27-16-19-30-47-101-113(107-53-39-84-13)104-50-33-23-26-38-83(62-94-56-75-36-24-22-25-37-75,60-92-42-34-51-105-114(108-54-40-85-14)102-48-31-20-17-28-45-96-81-70(8)64(2)66(4)77(111-81)58-99-73(11)90)61-93-43-35-52-106-115(109-55-41-86-15)103-49-32-21-18-29-46-97-82-79(87-71(9)88)68(6)67(5)78(112-82)59-100-74(12)91/h22,24-25,36-37,63-70,76-82H,16-21,23,26-35,38-62H2,1-12H3,(H,87,88)/t63-,64-,65+,66+,67+,68-,69?,70?,76?,77?,78?,79?,80+,81+,82+,83?,113?,114?,115?/m0/s1. The van der Waals surface area contributed by atoms with E-state index in [-0.39, 0.29) is 156 Å². The molecule has 1 N–H and O–H groups in total. The van der Waals surface area contributed by atoms with Gasteiger partial charge in [0.25, 0.3) is 0 Å². The van der Waals surface area contributed by atoms with Crippen LogP contribution < -0.4 is 5.32 Å². The van der Waals surface area contributed by atoms with Crippen LogP contribution in [0.5, 0.6) is 0 Å². The lowest BCUT2D eigenvalue weighted by Gasteiger charge is -2.44. The normalized spacial score (nSPS) is 24.8. The van der Waals surface area contributed by atoms with Crippen molar-refractivity contribution in [2.24, 2.45) is 52.8 Å². The Morgan fingerprint density at radius 1 is 0.374 bits per heavy atom. The zero-order valence-electron chi connectivity index (χ0n) is 71.1. The van der Waals surface area contributed by atoms with Gasteiger partial charge in [-0.15, -0.1) is 0 Å². The predicted molar refractivity (Wildman–Crippen MR) is 437 cm³/mol. The molecule has 0 bridgehead atoms. The first-order valence-corrected chi connectivity index (χ1v) is 45.2. The quantitative estimate of drug-likeness (QED) is 0.0208. The maximum atomic E-state index is 12.2. The van der Waals surface area contributed by atoms with E-state index in [4.69, 9.17) is 117 Å². The Morgan fingerprint density at radius 3 is 1.06 bits per heavy atom. The lowest BCUT2D eigenvalue weighted by atomic mass is 9.79. The fourth-order valence-electron chi connectivity index (χ4n) is 13.3. The van der Waals surface area contributed by atoms with Crippen LogP contribution in [-0.4, -0.2) is 219 Å². The molecule has 0 aromatic heterocycles. The second-order valence-corrected chi connectivity index (χ2v) is 34.1. The largest absolute Gasteiger partial charge is 0.463 e. The van der Waals surface area contributed by atoms with E-state index in [0.29, 0.717) is 130 Å². The number of unbranched alkanes of at least 4 members (excludes halogenated alkanes) is 11. The molecule has 3 heterocycles. The van der Waals surface area contributed by atoms with E-state index < -0.39 is 37.5 Å². The molecule has 1 aromatic rings. The summed E-state index contributed by atoms with van der Waals surface area (Å²) >= 11 is 0. The molecule has 0 saturated carbocycles. The molecule has 1 amide bonds. The molecule has 10 unspecified atom stereocenters. The summed E-state index contributed by atoms with van der Waals surface area (Å²) in [4.78, 5) is 57.2. The summed E-state index contributed by atoms with van der Waals surface area (Å²) in [6.07, 6.45) is 12.1. The monoisotopic (exact) mass is 1690 g/mol. The lowest BCUT2D eigenvalue weighted by Crippen LogP contribution is -2.58. The molecular weight excluding hydrogens is 1550 g/mol. The highest BCUT2D eigenvalue weighted by atomic mass is 31.2. The van der Waals surface area contributed by atoms with Crippen LogP contribution in [0.1, 0.15) is 204 Å². The zero-order valence-corrected chi connectivity index (χ0v) is 73.8. The second-order valence-electron chi connectivity index (χ2n) is 30.4. The molecule has 0 spiro atoms. The summed E-state index contributed by atoms with van der Waals surface area (Å²) in [5.74, 6) is 0.365. The van der Waals surface area contributed by atoms with Crippen molar-refractivity contribution in [3.05, 3.63) is 70.1 Å². The van der Waals surface area contributed by atoms with Crippen LogP contribution in [0.15, 0.2) is 30.3 Å². The van der Waals surface area contributed by atoms with Crippen molar-refractivity contribution < 1.29 is 117 Å². The first-order chi connectivity index (χ1) is 55.6. The van der Waals surface area contributed by atoms with Crippen molar-refractivity contribution in [3.8, 4) is 0 Å². The van der Waals surface area contributed by atoms with E-state index in [1.54, 1.807) is 0 Å². The topological polar surface area (TPSA) is 287 Å². The van der Waals surface area contributed by atoms with Crippen LogP contribution in [0.25, 0.3) is 14.5 Å². The summed E-state index contributed by atoms with van der Waals surface area (Å²) in [7, 11) is -5.12. The van der Waals surface area contributed by atoms with E-state index in [1.807, 2.05) is 44.2 Å². The molecule has 0 aliphatic carbocycles. The van der Waals surface area contributed by atoms with Crippen LogP contribution >= 0.6 is 25.8 Å². The number of ether oxygens (including phenoxy) is 12. The predicted octanol–water partition coefficient (Wildman–Crippen LogP) is 16.3. The molecule has 1 aromatic carbocycles. The fraction of sp³-hybridized carbons (Fsp3) is 0.843. The molecule has 3 saturated heterocycles. The minimum absolute atomic E-state index is 0.0130. The number of esters is 3. The van der Waals surface area contributed by atoms with Gasteiger partial charge in [0.2, 0.25) is 25.5 Å². The lowest BCUT2D eigenvalue weighted by molar-refractivity contribution is -0.255. The van der Waals surface area contributed by atoms with Crippen LogP contribution in [0, 0.1) is 72.5 Å². The number of nitrogens with zero attached hydrogens (tertiary/aromatic N) is 3. The highest BCUT2D eigenvalue weighted by Crippen LogP contribution is 2.44. The molecular formula is C83H141N4O25P3. The Kier molecular flexibility index (Phi) is 57.6. The van der Waals surface area contributed by atoms with Gasteiger partial charge < -0.3 is 117 Å². The number of hydrogen-bond donors (Lipinski definition) is 1. The third kappa shape index (κ3) is 45.6. The Morgan fingerprint density at radius 2 is 0.696 bits per heavy atom. The summed E-state index contributed by atoms with van der Waals surface area (Å²) < 4.78 is 128. The van der Waals surface area contributed by atoms with Crippen LogP contribution in [0.3, 0.4) is 0 Å². The van der Waals surface area contributed by atoms with Gasteiger partial charge in [0, 0.05) is 78.0 Å². The number of hydrogen-bond acceptors (Lipinski definition) is 25. The molecule has 32 heteroatoms. The van der Waals surface area contributed by atoms with Crippen molar-refractivity contribution in [2.75, 3.05) is 152 Å². The van der Waals surface area contributed by atoms with Crippen molar-refractivity contribution in [1.82, 2.24) is 5.32 Å². The van der Waals surface area contributed by atoms with Gasteiger partial charge in [-0.2, -0.15) is 0 Å². The van der Waals surface area contributed by atoms with E-state index in [0.717, 1.165) is 102 Å². The molecule has 4 rings (SSSR count). The first kappa shape index (κ1) is 103. The Bertz CT molecular complexity index is 2730. The fourth-order valence-corrected chi connectivity index (χ4v) is 16.3. The molecule has 658 valence electrons. The molecule has 3 fully saturated rings. The van der Waals surface area contributed by atoms with Crippen LogP contribution in [0.4, 0.5) is 0 Å². The third-order valence-electron chi connectivity index (χ3n) is 21.2. The minimum Gasteiger partial charge on any atom is -0.463 e. The summed E-state index contributed by atoms with van der Waals surface area (Å²) in [6.45, 7) is 52.2. The van der Waals surface area contributed by atoms with Crippen molar-refractivity contribution in [1.29, 1.82) is 0 Å². The zero-order chi connectivity index (χ0) is 83.7. The third-order valence-corrected chi connectivity index (χ3v) is 24.7. The van der Waals surface area contributed by atoms with Crippen LogP contribution in [0.2, 0.25) is 0 Å². The Balaban J connectivity index is 1.33. The molecule has 3 aliphatic rings. The smallest absolute Gasteiger partial charge is 0.332 e.